The van der Waals surface area contributed by atoms with E-state index in [-0.39, 0.29) is 29.0 Å². The second-order valence-corrected chi connectivity index (χ2v) is 9.60. The summed E-state index contributed by atoms with van der Waals surface area (Å²) in [6.45, 7) is -0.534. The van der Waals surface area contributed by atoms with Crippen LogP contribution in [0.25, 0.3) is 11.0 Å². The Morgan fingerprint density at radius 3 is 2.49 bits per heavy atom. The van der Waals surface area contributed by atoms with Crippen molar-refractivity contribution in [3.8, 4) is 11.5 Å². The van der Waals surface area contributed by atoms with Gasteiger partial charge in [0.2, 0.25) is 6.29 Å². The van der Waals surface area contributed by atoms with Crippen LogP contribution in [0.4, 0.5) is 4.39 Å². The lowest BCUT2D eigenvalue weighted by Gasteiger charge is -2.40. The van der Waals surface area contributed by atoms with Gasteiger partial charge in [-0.2, -0.15) is 0 Å². The number of benzene rings is 3. The maximum Gasteiger partial charge on any atom is 0.338 e. The highest BCUT2D eigenvalue weighted by Gasteiger charge is 2.46. The molecule has 0 amide bonds. The number of hydrogen-bond acceptors (Lipinski definition) is 10. The summed E-state index contributed by atoms with van der Waals surface area (Å²) >= 11 is 0. The zero-order valence-corrected chi connectivity index (χ0v) is 21.6. The molecule has 1 fully saturated rings. The standard InChI is InChI=1S/C30H27FO10/c31-19-8-6-17(7-9-19)29(37)39-15-24-26(34)27(35)28(36)30(41-24)40-23-3-1-2-20(32)25(23)21(33)10-4-16-5-11-22-18(14-16)12-13-38-22/h1-3,5-9,11-14,24,26-28,30,32,34-36H,4,10,15H2/t24-,26-,27+,28-,30-/m1/s1. The number of carbonyl (C=O) groups excluding carboxylic acids is 2. The van der Waals surface area contributed by atoms with Crippen LogP contribution in [0, 0.1) is 5.82 Å². The average molecular weight is 567 g/mol. The minimum absolute atomic E-state index is 0.0225. The highest BCUT2D eigenvalue weighted by molar-refractivity contribution is 6.01. The molecule has 0 aliphatic carbocycles. The smallest absolute Gasteiger partial charge is 0.338 e. The number of ether oxygens (including phenoxy) is 3. The zero-order valence-electron chi connectivity index (χ0n) is 21.6. The number of rotatable bonds is 9. The fourth-order valence-electron chi connectivity index (χ4n) is 4.56. The van der Waals surface area contributed by atoms with Gasteiger partial charge in [0.15, 0.2) is 5.78 Å². The van der Waals surface area contributed by atoms with Crippen molar-refractivity contribution in [2.75, 3.05) is 6.61 Å². The number of aliphatic hydroxyl groups excluding tert-OH is 3. The molecule has 0 unspecified atom stereocenters. The van der Waals surface area contributed by atoms with Gasteiger partial charge in [0.05, 0.1) is 11.8 Å². The fourth-order valence-corrected chi connectivity index (χ4v) is 4.56. The Morgan fingerprint density at radius 2 is 1.71 bits per heavy atom. The second kappa shape index (κ2) is 12.1. The monoisotopic (exact) mass is 566 g/mol. The van der Waals surface area contributed by atoms with Gasteiger partial charge >= 0.3 is 5.97 Å². The number of halogens is 1. The summed E-state index contributed by atoms with van der Waals surface area (Å²) in [7, 11) is 0. The van der Waals surface area contributed by atoms with Gasteiger partial charge in [-0.1, -0.05) is 12.1 Å². The van der Waals surface area contributed by atoms with Crippen LogP contribution in [0.2, 0.25) is 0 Å². The number of ketones is 1. The molecule has 5 atom stereocenters. The van der Waals surface area contributed by atoms with Crippen LogP contribution >= 0.6 is 0 Å². The van der Waals surface area contributed by atoms with Crippen molar-refractivity contribution in [2.45, 2.75) is 43.5 Å². The summed E-state index contributed by atoms with van der Waals surface area (Å²) in [6.07, 6.45) is -6.11. The Hall–Kier alpha value is -4.29. The molecule has 4 N–H and O–H groups in total. The molecule has 0 bridgehead atoms. The first-order valence-corrected chi connectivity index (χ1v) is 12.8. The quantitative estimate of drug-likeness (QED) is 0.175. The Balaban J connectivity index is 1.27. The maximum atomic E-state index is 13.2. The number of phenolic OH excluding ortho intramolecular Hbond substituents is 1. The van der Waals surface area contributed by atoms with Crippen LogP contribution in [0.1, 0.15) is 32.7 Å². The van der Waals surface area contributed by atoms with Gasteiger partial charge in [0.1, 0.15) is 59.5 Å². The molecule has 214 valence electrons. The molecule has 1 saturated heterocycles. The van der Waals surface area contributed by atoms with Gasteiger partial charge in [0.25, 0.3) is 0 Å². The molecule has 2 heterocycles. The summed E-state index contributed by atoms with van der Waals surface area (Å²) in [5, 5.41) is 42.7. The number of phenols is 1. The third-order valence-electron chi connectivity index (χ3n) is 6.81. The molecule has 0 radical (unpaired) electrons. The lowest BCUT2D eigenvalue weighted by molar-refractivity contribution is -0.277. The van der Waals surface area contributed by atoms with E-state index in [0.717, 1.165) is 28.7 Å². The Labute approximate surface area is 233 Å². The summed E-state index contributed by atoms with van der Waals surface area (Å²) in [5.41, 5.74) is 1.51. The number of aliphatic hydroxyl groups is 3. The van der Waals surface area contributed by atoms with E-state index >= 15 is 0 Å². The number of fused-ring (bicyclic) bond motifs is 1. The average Bonchev–Trinajstić information content (AvgIpc) is 3.44. The van der Waals surface area contributed by atoms with E-state index < -0.39 is 54.9 Å². The third kappa shape index (κ3) is 6.23. The van der Waals surface area contributed by atoms with E-state index in [2.05, 4.69) is 0 Å². The normalized spacial score (nSPS) is 22.4. The van der Waals surface area contributed by atoms with E-state index in [1.807, 2.05) is 18.2 Å². The molecule has 1 aliphatic heterocycles. The van der Waals surface area contributed by atoms with Gasteiger partial charge < -0.3 is 39.1 Å². The minimum atomic E-state index is -1.75. The minimum Gasteiger partial charge on any atom is -0.507 e. The Kier molecular flexibility index (Phi) is 8.31. The molecular weight excluding hydrogens is 539 g/mol. The largest absolute Gasteiger partial charge is 0.507 e. The number of esters is 1. The molecular formula is C30H27FO10. The predicted molar refractivity (Wildman–Crippen MR) is 141 cm³/mol. The maximum absolute atomic E-state index is 13.2. The molecule has 5 rings (SSSR count). The molecule has 1 aromatic heterocycles. The van der Waals surface area contributed by atoms with Gasteiger partial charge in [0, 0.05) is 11.8 Å². The summed E-state index contributed by atoms with van der Waals surface area (Å²) in [5.74, 6) is -2.28. The van der Waals surface area contributed by atoms with Gasteiger partial charge in [-0.25, -0.2) is 9.18 Å². The summed E-state index contributed by atoms with van der Waals surface area (Å²) in [4.78, 5) is 25.5. The molecule has 1 aliphatic rings. The number of furan rings is 1. The van der Waals surface area contributed by atoms with Crippen LogP contribution < -0.4 is 4.74 Å². The third-order valence-corrected chi connectivity index (χ3v) is 6.81. The molecule has 0 saturated carbocycles. The number of Topliss-reactive ketones (excluding diaryl/α,β-unsaturated/α-hetero) is 1. The van der Waals surface area contributed by atoms with Crippen molar-refractivity contribution >= 4 is 22.7 Å². The van der Waals surface area contributed by atoms with Crippen LogP contribution in [-0.4, -0.2) is 69.5 Å². The number of aryl methyl sites for hydroxylation is 1. The van der Waals surface area contributed by atoms with Gasteiger partial charge in [-0.3, -0.25) is 4.79 Å². The molecule has 3 aromatic carbocycles. The number of carbonyl (C=O) groups is 2. The van der Waals surface area contributed by atoms with Crippen molar-refractivity contribution in [1.82, 2.24) is 0 Å². The first-order chi connectivity index (χ1) is 19.7. The van der Waals surface area contributed by atoms with Crippen molar-refractivity contribution in [1.29, 1.82) is 0 Å². The van der Waals surface area contributed by atoms with E-state index in [1.54, 1.807) is 12.3 Å². The van der Waals surface area contributed by atoms with Crippen LogP contribution in [0.15, 0.2) is 77.4 Å². The van der Waals surface area contributed by atoms with Gasteiger partial charge in [-0.15, -0.1) is 0 Å². The number of aromatic hydroxyl groups is 1. The van der Waals surface area contributed by atoms with E-state index in [0.29, 0.717) is 6.42 Å². The van der Waals surface area contributed by atoms with Crippen LogP contribution in [-0.2, 0) is 15.9 Å². The van der Waals surface area contributed by atoms with Crippen molar-refractivity contribution in [3.63, 3.8) is 0 Å². The molecule has 10 nitrogen and oxygen atoms in total. The lowest BCUT2D eigenvalue weighted by atomic mass is 9.98. The molecule has 0 spiro atoms. The fraction of sp³-hybridized carbons (Fsp3) is 0.267. The molecule has 4 aromatic rings. The molecule has 11 heteroatoms. The Bertz CT molecular complexity index is 1530. The lowest BCUT2D eigenvalue weighted by Crippen LogP contribution is -2.60. The van der Waals surface area contributed by atoms with E-state index in [4.69, 9.17) is 18.6 Å². The summed E-state index contributed by atoms with van der Waals surface area (Å²) < 4.78 is 35.0. The second-order valence-electron chi connectivity index (χ2n) is 9.60. The Morgan fingerprint density at radius 1 is 0.927 bits per heavy atom. The first kappa shape index (κ1) is 28.2. The summed E-state index contributed by atoms with van der Waals surface area (Å²) in [6, 6.07) is 16.1. The SMILES string of the molecule is O=C(OC[C@H]1O[C@@H](Oc2cccc(O)c2C(=O)CCc2ccc3occc3c2)[C@H](O)[C@@H](O)[C@@H]1O)c1ccc(F)cc1. The highest BCUT2D eigenvalue weighted by Crippen LogP contribution is 2.33. The number of hydrogen-bond donors (Lipinski definition) is 4. The predicted octanol–water partition coefficient (Wildman–Crippen LogP) is 3.14. The first-order valence-electron chi connectivity index (χ1n) is 12.8. The van der Waals surface area contributed by atoms with E-state index in [1.165, 1.54) is 30.3 Å². The van der Waals surface area contributed by atoms with Crippen molar-refractivity contribution in [2.24, 2.45) is 0 Å². The highest BCUT2D eigenvalue weighted by atomic mass is 19.1. The van der Waals surface area contributed by atoms with Crippen molar-refractivity contribution < 1.29 is 53.0 Å². The zero-order chi connectivity index (χ0) is 29.1. The van der Waals surface area contributed by atoms with Crippen LogP contribution in [0.5, 0.6) is 11.5 Å². The molecule has 41 heavy (non-hydrogen) atoms. The van der Waals surface area contributed by atoms with Crippen LogP contribution in [0.3, 0.4) is 0 Å². The van der Waals surface area contributed by atoms with Gasteiger partial charge in [-0.05, 0) is 66.6 Å². The van der Waals surface area contributed by atoms with E-state index in [9.17, 15) is 34.4 Å². The van der Waals surface area contributed by atoms with Crippen molar-refractivity contribution in [3.05, 3.63) is 95.5 Å². The topological polar surface area (TPSA) is 156 Å².